The average Bonchev–Trinajstić information content (AvgIpc) is 2.59. The van der Waals surface area contributed by atoms with Crippen molar-refractivity contribution >= 4 is 11.6 Å². The highest BCUT2D eigenvalue weighted by atomic mass is 16.2. The molecule has 1 aromatic rings. The summed E-state index contributed by atoms with van der Waals surface area (Å²) in [6.45, 7) is 5.74. The Labute approximate surface area is 121 Å². The third-order valence-corrected chi connectivity index (χ3v) is 4.30. The lowest BCUT2D eigenvalue weighted by Gasteiger charge is -2.21. The first-order valence-electron chi connectivity index (χ1n) is 7.63. The van der Waals surface area contributed by atoms with E-state index >= 15 is 0 Å². The third kappa shape index (κ3) is 2.97. The number of hydrogen-bond donors (Lipinski definition) is 1. The lowest BCUT2D eigenvalue weighted by molar-refractivity contribution is 0.0750. The number of nitrogens with two attached hydrogens (primary N) is 1. The lowest BCUT2D eigenvalue weighted by Crippen LogP contribution is -2.33. The van der Waals surface area contributed by atoms with Crippen LogP contribution in [-0.2, 0) is 7.05 Å². The first kappa shape index (κ1) is 14.9. The van der Waals surface area contributed by atoms with Gasteiger partial charge in [-0.25, -0.2) is 0 Å². The van der Waals surface area contributed by atoms with Crippen molar-refractivity contribution < 1.29 is 4.79 Å². The van der Waals surface area contributed by atoms with Crippen molar-refractivity contribution in [2.75, 3.05) is 18.8 Å². The number of amides is 1. The second-order valence-electron chi connectivity index (χ2n) is 5.85. The summed E-state index contributed by atoms with van der Waals surface area (Å²) in [7, 11) is 1.79. The molecule has 2 rings (SSSR count). The van der Waals surface area contributed by atoms with Gasteiger partial charge in [0, 0.05) is 20.1 Å². The normalized spacial score (nSPS) is 19.9. The van der Waals surface area contributed by atoms with Gasteiger partial charge in [0.15, 0.2) is 0 Å². The Hall–Kier alpha value is -1.52. The van der Waals surface area contributed by atoms with Gasteiger partial charge in [-0.2, -0.15) is 5.10 Å². The van der Waals surface area contributed by atoms with E-state index in [1.807, 2.05) is 11.8 Å². The van der Waals surface area contributed by atoms with E-state index in [-0.39, 0.29) is 5.91 Å². The minimum absolute atomic E-state index is 0.0303. The number of carbonyl (C=O) groups is 1. The Morgan fingerprint density at radius 2 is 2.15 bits per heavy atom. The molecule has 0 saturated carbocycles. The third-order valence-electron chi connectivity index (χ3n) is 4.30. The quantitative estimate of drug-likeness (QED) is 0.923. The second kappa shape index (κ2) is 6.29. The summed E-state index contributed by atoms with van der Waals surface area (Å²) < 4.78 is 1.61. The summed E-state index contributed by atoms with van der Waals surface area (Å²) in [5.41, 5.74) is 7.78. The van der Waals surface area contributed by atoms with Gasteiger partial charge in [-0.15, -0.1) is 0 Å². The number of carbonyl (C=O) groups excluding carboxylic acids is 1. The SMILES string of the molecule is CCCC1CCCN(C(=O)c2c(N)c(C)nn2C)CC1. The highest BCUT2D eigenvalue weighted by molar-refractivity contribution is 5.98. The van der Waals surface area contributed by atoms with Gasteiger partial charge in [0.25, 0.3) is 5.91 Å². The zero-order valence-corrected chi connectivity index (χ0v) is 12.9. The summed E-state index contributed by atoms with van der Waals surface area (Å²) in [5.74, 6) is 0.797. The molecule has 1 unspecified atom stereocenters. The van der Waals surface area contributed by atoms with Crippen LogP contribution in [0.15, 0.2) is 0 Å². The van der Waals surface area contributed by atoms with Gasteiger partial charge in [-0.05, 0) is 32.1 Å². The zero-order chi connectivity index (χ0) is 14.7. The molecule has 5 nitrogen and oxygen atoms in total. The van der Waals surface area contributed by atoms with Crippen LogP contribution in [0, 0.1) is 12.8 Å². The lowest BCUT2D eigenvalue weighted by atomic mass is 9.96. The fraction of sp³-hybridized carbons (Fsp3) is 0.733. The van der Waals surface area contributed by atoms with Gasteiger partial charge in [0.1, 0.15) is 5.69 Å². The molecule has 2 heterocycles. The molecule has 0 radical (unpaired) electrons. The molecule has 0 spiro atoms. The van der Waals surface area contributed by atoms with Crippen molar-refractivity contribution in [3.8, 4) is 0 Å². The molecule has 0 aromatic carbocycles. The Balaban J connectivity index is 2.09. The van der Waals surface area contributed by atoms with Crippen LogP contribution < -0.4 is 5.73 Å². The maximum Gasteiger partial charge on any atom is 0.274 e. The molecule has 112 valence electrons. The number of nitrogen functional groups attached to an aromatic ring is 1. The van der Waals surface area contributed by atoms with E-state index < -0.39 is 0 Å². The van der Waals surface area contributed by atoms with Gasteiger partial charge in [0.05, 0.1) is 11.4 Å². The van der Waals surface area contributed by atoms with Crippen molar-refractivity contribution in [2.45, 2.75) is 46.0 Å². The maximum absolute atomic E-state index is 12.7. The van der Waals surface area contributed by atoms with E-state index in [1.54, 1.807) is 11.7 Å². The van der Waals surface area contributed by atoms with E-state index in [4.69, 9.17) is 5.73 Å². The summed E-state index contributed by atoms with van der Waals surface area (Å²) in [5, 5.41) is 4.24. The molecule has 0 bridgehead atoms. The standard InChI is InChI=1S/C15H26N4O/c1-4-6-12-7-5-9-19(10-8-12)15(20)14-13(16)11(2)17-18(14)3/h12H,4-10,16H2,1-3H3. The predicted molar refractivity (Wildman–Crippen MR) is 80.5 cm³/mol. The Morgan fingerprint density at radius 3 is 2.75 bits per heavy atom. The van der Waals surface area contributed by atoms with E-state index in [2.05, 4.69) is 12.0 Å². The van der Waals surface area contributed by atoms with Crippen molar-refractivity contribution in [2.24, 2.45) is 13.0 Å². The smallest absolute Gasteiger partial charge is 0.274 e. The molecule has 1 fully saturated rings. The van der Waals surface area contributed by atoms with Crippen LogP contribution in [0.3, 0.4) is 0 Å². The monoisotopic (exact) mass is 278 g/mol. The zero-order valence-electron chi connectivity index (χ0n) is 12.9. The molecule has 1 aromatic heterocycles. The molecule has 1 aliphatic heterocycles. The molecular formula is C15H26N4O. The van der Waals surface area contributed by atoms with E-state index in [1.165, 1.54) is 19.3 Å². The number of rotatable bonds is 3. The van der Waals surface area contributed by atoms with Crippen LogP contribution in [0.2, 0.25) is 0 Å². The molecule has 0 aliphatic carbocycles. The topological polar surface area (TPSA) is 64.2 Å². The van der Waals surface area contributed by atoms with E-state index in [0.29, 0.717) is 11.4 Å². The minimum Gasteiger partial charge on any atom is -0.395 e. The van der Waals surface area contributed by atoms with Crippen LogP contribution in [-0.4, -0.2) is 33.7 Å². The first-order valence-corrected chi connectivity index (χ1v) is 7.63. The van der Waals surface area contributed by atoms with Crippen LogP contribution in [0.25, 0.3) is 0 Å². The summed E-state index contributed by atoms with van der Waals surface area (Å²) in [6, 6.07) is 0. The number of aromatic nitrogens is 2. The molecule has 1 atom stereocenters. The highest BCUT2D eigenvalue weighted by Crippen LogP contribution is 2.24. The summed E-state index contributed by atoms with van der Waals surface area (Å²) in [6.07, 6.45) is 5.93. The molecule has 20 heavy (non-hydrogen) atoms. The summed E-state index contributed by atoms with van der Waals surface area (Å²) >= 11 is 0. The van der Waals surface area contributed by atoms with Gasteiger partial charge in [0.2, 0.25) is 0 Å². The van der Waals surface area contributed by atoms with Crippen LogP contribution in [0.4, 0.5) is 5.69 Å². The highest BCUT2D eigenvalue weighted by Gasteiger charge is 2.25. The van der Waals surface area contributed by atoms with Crippen LogP contribution >= 0.6 is 0 Å². The molecule has 1 amide bonds. The number of hydrogen-bond acceptors (Lipinski definition) is 3. The Morgan fingerprint density at radius 1 is 1.40 bits per heavy atom. The number of nitrogens with zero attached hydrogens (tertiary/aromatic N) is 3. The number of aryl methyl sites for hydroxylation is 2. The molecule has 5 heteroatoms. The fourth-order valence-corrected chi connectivity index (χ4v) is 3.14. The van der Waals surface area contributed by atoms with E-state index in [0.717, 1.165) is 37.5 Å². The number of anilines is 1. The predicted octanol–water partition coefficient (Wildman–Crippen LogP) is 2.35. The first-order chi connectivity index (χ1) is 9.54. The largest absolute Gasteiger partial charge is 0.395 e. The van der Waals surface area contributed by atoms with E-state index in [9.17, 15) is 4.79 Å². The molecule has 1 saturated heterocycles. The van der Waals surface area contributed by atoms with Crippen molar-refractivity contribution in [1.29, 1.82) is 0 Å². The van der Waals surface area contributed by atoms with Gasteiger partial charge >= 0.3 is 0 Å². The average molecular weight is 278 g/mol. The molecular weight excluding hydrogens is 252 g/mol. The van der Waals surface area contributed by atoms with Gasteiger partial charge in [-0.1, -0.05) is 19.8 Å². The Kier molecular flexibility index (Phi) is 4.68. The second-order valence-corrected chi connectivity index (χ2v) is 5.85. The Bertz CT molecular complexity index is 480. The number of likely N-dealkylation sites (tertiary alicyclic amines) is 1. The van der Waals surface area contributed by atoms with Gasteiger partial charge in [-0.3, -0.25) is 9.48 Å². The van der Waals surface area contributed by atoms with Crippen LogP contribution in [0.5, 0.6) is 0 Å². The maximum atomic E-state index is 12.7. The molecule has 1 aliphatic rings. The van der Waals surface area contributed by atoms with Crippen molar-refractivity contribution in [3.63, 3.8) is 0 Å². The molecule has 2 N–H and O–H groups in total. The summed E-state index contributed by atoms with van der Waals surface area (Å²) in [4.78, 5) is 14.6. The van der Waals surface area contributed by atoms with Gasteiger partial charge < -0.3 is 10.6 Å². The fourth-order valence-electron chi connectivity index (χ4n) is 3.14. The van der Waals surface area contributed by atoms with Crippen molar-refractivity contribution in [3.05, 3.63) is 11.4 Å². The van der Waals surface area contributed by atoms with Crippen molar-refractivity contribution in [1.82, 2.24) is 14.7 Å². The van der Waals surface area contributed by atoms with Crippen LogP contribution in [0.1, 0.15) is 55.2 Å². The minimum atomic E-state index is 0.0303.